The summed E-state index contributed by atoms with van der Waals surface area (Å²) < 4.78 is 16.3. The standard InChI is InChI=1S/C24H50IO4P/c25-23-21-19-17-15-13-11-9-7-5-3-1-2-4-6-8-10-12-14-16-18-20-22-24-29-30(26,27)28/h1-24H2,(H2,26,27,28). The number of unbranched alkanes of at least 4 members (excludes halogenated alkanes) is 21. The summed E-state index contributed by atoms with van der Waals surface area (Å²) >= 11 is 2.48. The van der Waals surface area contributed by atoms with Crippen LogP contribution in [0.2, 0.25) is 0 Å². The van der Waals surface area contributed by atoms with Crippen molar-refractivity contribution in [3.63, 3.8) is 0 Å². The first-order valence-corrected chi connectivity index (χ1v) is 15.9. The average molecular weight is 561 g/mol. The number of phosphoric acid groups is 1. The van der Waals surface area contributed by atoms with E-state index in [1.807, 2.05) is 0 Å². The van der Waals surface area contributed by atoms with Crippen LogP contribution in [0.3, 0.4) is 0 Å². The molecule has 0 rings (SSSR count). The van der Waals surface area contributed by atoms with Crippen LogP contribution in [-0.4, -0.2) is 20.8 Å². The van der Waals surface area contributed by atoms with E-state index < -0.39 is 7.82 Å². The monoisotopic (exact) mass is 560 g/mol. The number of alkyl halides is 1. The van der Waals surface area contributed by atoms with Gasteiger partial charge in [0.1, 0.15) is 0 Å². The van der Waals surface area contributed by atoms with Crippen LogP contribution in [0.1, 0.15) is 141 Å². The number of rotatable bonds is 25. The van der Waals surface area contributed by atoms with Crippen LogP contribution in [0.4, 0.5) is 0 Å². The minimum Gasteiger partial charge on any atom is -0.303 e. The van der Waals surface area contributed by atoms with Gasteiger partial charge < -0.3 is 9.79 Å². The van der Waals surface area contributed by atoms with E-state index in [1.54, 1.807) is 0 Å². The van der Waals surface area contributed by atoms with Crippen molar-refractivity contribution in [3.05, 3.63) is 0 Å². The van der Waals surface area contributed by atoms with Crippen LogP contribution in [0.15, 0.2) is 0 Å². The summed E-state index contributed by atoms with van der Waals surface area (Å²) in [5.74, 6) is 0. The van der Waals surface area contributed by atoms with Crippen molar-refractivity contribution in [2.45, 2.75) is 141 Å². The highest BCUT2D eigenvalue weighted by atomic mass is 127. The zero-order valence-corrected chi connectivity index (χ0v) is 22.6. The molecule has 0 heterocycles. The van der Waals surface area contributed by atoms with Gasteiger partial charge in [-0.25, -0.2) is 4.57 Å². The van der Waals surface area contributed by atoms with Gasteiger partial charge in [-0.15, -0.1) is 0 Å². The van der Waals surface area contributed by atoms with E-state index in [-0.39, 0.29) is 6.61 Å². The van der Waals surface area contributed by atoms with Crippen molar-refractivity contribution in [1.82, 2.24) is 0 Å². The van der Waals surface area contributed by atoms with E-state index in [9.17, 15) is 4.57 Å². The second kappa shape index (κ2) is 24.5. The minimum atomic E-state index is -4.26. The summed E-state index contributed by atoms with van der Waals surface area (Å²) in [5.41, 5.74) is 0. The van der Waals surface area contributed by atoms with Crippen molar-refractivity contribution < 1.29 is 18.9 Å². The van der Waals surface area contributed by atoms with Gasteiger partial charge in [0.2, 0.25) is 0 Å². The van der Waals surface area contributed by atoms with Gasteiger partial charge in [0, 0.05) is 0 Å². The molecular weight excluding hydrogens is 510 g/mol. The lowest BCUT2D eigenvalue weighted by Crippen LogP contribution is -1.92. The summed E-state index contributed by atoms with van der Waals surface area (Å²) in [6, 6.07) is 0. The summed E-state index contributed by atoms with van der Waals surface area (Å²) in [4.78, 5) is 17.2. The maximum Gasteiger partial charge on any atom is 0.469 e. The van der Waals surface area contributed by atoms with Gasteiger partial charge in [0.05, 0.1) is 6.61 Å². The SMILES string of the molecule is O=P(O)(O)OCCCCCCCCCCCCCCCCCCCCCCCCI. The fraction of sp³-hybridized carbons (Fsp3) is 1.00. The number of hydrogen-bond acceptors (Lipinski definition) is 2. The van der Waals surface area contributed by atoms with Crippen molar-refractivity contribution in [2.24, 2.45) is 0 Å². The second-order valence-corrected chi connectivity index (χ2v) is 11.1. The largest absolute Gasteiger partial charge is 0.469 e. The Morgan fingerprint density at radius 3 is 0.933 bits per heavy atom. The van der Waals surface area contributed by atoms with Gasteiger partial charge in [-0.1, -0.05) is 151 Å². The van der Waals surface area contributed by atoms with Gasteiger partial charge >= 0.3 is 7.82 Å². The molecule has 0 spiro atoms. The highest BCUT2D eigenvalue weighted by Gasteiger charge is 2.12. The third kappa shape index (κ3) is 28.8. The van der Waals surface area contributed by atoms with E-state index in [0.717, 1.165) is 19.3 Å². The van der Waals surface area contributed by atoms with E-state index in [4.69, 9.17) is 9.79 Å². The van der Waals surface area contributed by atoms with Crippen LogP contribution >= 0.6 is 30.4 Å². The summed E-state index contributed by atoms with van der Waals surface area (Å²) in [7, 11) is -4.26. The van der Waals surface area contributed by atoms with Crippen molar-refractivity contribution in [2.75, 3.05) is 11.0 Å². The highest BCUT2D eigenvalue weighted by Crippen LogP contribution is 2.35. The molecule has 4 nitrogen and oxygen atoms in total. The Labute approximate surface area is 201 Å². The molecule has 0 aromatic rings. The quantitative estimate of drug-likeness (QED) is 0.0506. The molecule has 0 aliphatic rings. The number of halogens is 1. The van der Waals surface area contributed by atoms with Crippen LogP contribution in [0, 0.1) is 0 Å². The van der Waals surface area contributed by atoms with Crippen LogP contribution in [-0.2, 0) is 9.09 Å². The first kappa shape index (κ1) is 30.8. The fourth-order valence-corrected chi connectivity index (χ4v) is 4.82. The topological polar surface area (TPSA) is 66.8 Å². The van der Waals surface area contributed by atoms with Crippen molar-refractivity contribution >= 4 is 30.4 Å². The molecule has 0 aliphatic heterocycles. The van der Waals surface area contributed by atoms with Gasteiger partial charge in [-0.05, 0) is 17.3 Å². The van der Waals surface area contributed by atoms with E-state index in [2.05, 4.69) is 27.1 Å². The Hall–Kier alpha value is 0.840. The molecule has 0 aromatic heterocycles. The first-order valence-electron chi connectivity index (χ1n) is 12.8. The van der Waals surface area contributed by atoms with Crippen LogP contribution in [0.5, 0.6) is 0 Å². The molecular formula is C24H50IO4P. The number of phosphoric ester groups is 1. The van der Waals surface area contributed by atoms with Crippen LogP contribution < -0.4 is 0 Å². The Kier molecular flexibility index (Phi) is 25.2. The third-order valence-electron chi connectivity index (χ3n) is 5.79. The zero-order valence-electron chi connectivity index (χ0n) is 19.5. The molecule has 2 N–H and O–H groups in total. The van der Waals surface area contributed by atoms with Gasteiger partial charge in [-0.2, -0.15) is 0 Å². The Bertz CT molecular complexity index is 376. The number of hydrogen-bond donors (Lipinski definition) is 2. The smallest absolute Gasteiger partial charge is 0.303 e. The molecule has 182 valence electrons. The van der Waals surface area contributed by atoms with Gasteiger partial charge in [0.15, 0.2) is 0 Å². The molecule has 30 heavy (non-hydrogen) atoms. The molecule has 0 unspecified atom stereocenters. The molecule has 0 radical (unpaired) electrons. The normalized spacial score (nSPS) is 12.0. The lowest BCUT2D eigenvalue weighted by atomic mass is 10.0. The maximum absolute atomic E-state index is 10.5. The molecule has 6 heteroatoms. The zero-order chi connectivity index (χ0) is 22.2. The summed E-state index contributed by atoms with van der Waals surface area (Å²) in [6.07, 6.45) is 29.6. The molecule has 0 aromatic carbocycles. The average Bonchev–Trinajstić information content (AvgIpc) is 2.70. The molecule has 0 aliphatic carbocycles. The molecule has 0 amide bonds. The Morgan fingerprint density at radius 2 is 0.700 bits per heavy atom. The van der Waals surface area contributed by atoms with Gasteiger partial charge in [-0.3, -0.25) is 4.52 Å². The molecule has 0 bridgehead atoms. The first-order chi connectivity index (χ1) is 14.6. The Morgan fingerprint density at radius 1 is 0.467 bits per heavy atom. The fourth-order valence-electron chi connectivity index (χ4n) is 3.92. The van der Waals surface area contributed by atoms with Gasteiger partial charge in [0.25, 0.3) is 0 Å². The Balaban J connectivity index is 3.03. The molecule has 0 saturated carbocycles. The highest BCUT2D eigenvalue weighted by molar-refractivity contribution is 14.1. The van der Waals surface area contributed by atoms with E-state index in [0.29, 0.717) is 0 Å². The lowest BCUT2D eigenvalue weighted by Gasteiger charge is -2.05. The van der Waals surface area contributed by atoms with E-state index >= 15 is 0 Å². The molecule has 0 fully saturated rings. The van der Waals surface area contributed by atoms with Crippen molar-refractivity contribution in [3.8, 4) is 0 Å². The van der Waals surface area contributed by atoms with E-state index in [1.165, 1.54) is 126 Å². The minimum absolute atomic E-state index is 0.170. The lowest BCUT2D eigenvalue weighted by molar-refractivity contribution is 0.193. The molecule has 0 saturated heterocycles. The summed E-state index contributed by atoms with van der Waals surface area (Å²) in [5, 5.41) is 0. The predicted octanol–water partition coefficient (Wildman–Crippen LogP) is 9.11. The summed E-state index contributed by atoms with van der Waals surface area (Å²) in [6.45, 7) is 0.170. The van der Waals surface area contributed by atoms with Crippen LogP contribution in [0.25, 0.3) is 0 Å². The maximum atomic E-state index is 10.5. The predicted molar refractivity (Wildman–Crippen MR) is 138 cm³/mol. The second-order valence-electron chi connectivity index (χ2n) is 8.79. The molecule has 0 atom stereocenters. The third-order valence-corrected chi connectivity index (χ3v) is 7.07. The van der Waals surface area contributed by atoms with Crippen molar-refractivity contribution in [1.29, 1.82) is 0 Å².